The normalized spacial score (nSPS) is 10.3. The van der Waals surface area contributed by atoms with E-state index in [0.29, 0.717) is 18.0 Å². The highest BCUT2D eigenvalue weighted by Gasteiger charge is 2.13. The highest BCUT2D eigenvalue weighted by atomic mass is 16.6. The van der Waals surface area contributed by atoms with E-state index in [0.717, 1.165) is 11.1 Å². The van der Waals surface area contributed by atoms with Crippen LogP contribution in [0.3, 0.4) is 0 Å². The maximum Gasteiger partial charge on any atom is 0.444 e. The lowest BCUT2D eigenvalue weighted by Gasteiger charge is -2.05. The molecule has 96 valence electrons. The predicted molar refractivity (Wildman–Crippen MR) is 64.4 cm³/mol. The van der Waals surface area contributed by atoms with E-state index in [1.165, 1.54) is 7.11 Å². The Kier molecular flexibility index (Phi) is 3.66. The summed E-state index contributed by atoms with van der Waals surface area (Å²) in [7, 11) is 1.53. The van der Waals surface area contributed by atoms with Crippen LogP contribution in [0.4, 0.5) is 0 Å². The first kappa shape index (κ1) is 12.2. The minimum atomic E-state index is -0.606. The van der Waals surface area contributed by atoms with Gasteiger partial charge in [-0.25, -0.2) is 4.79 Å². The van der Waals surface area contributed by atoms with Crippen LogP contribution in [0.1, 0.15) is 13.3 Å². The van der Waals surface area contributed by atoms with E-state index in [1.807, 2.05) is 13.0 Å². The molecule has 0 unspecified atom stereocenters. The van der Waals surface area contributed by atoms with Crippen molar-refractivity contribution in [2.45, 2.75) is 13.3 Å². The molecule has 0 fully saturated rings. The van der Waals surface area contributed by atoms with Gasteiger partial charge >= 0.3 is 11.8 Å². The number of hydrogen-bond acceptors (Lipinski definition) is 5. The van der Waals surface area contributed by atoms with Crippen molar-refractivity contribution in [1.29, 1.82) is 0 Å². The van der Waals surface area contributed by atoms with Gasteiger partial charge in [-0.15, -0.1) is 0 Å². The summed E-state index contributed by atoms with van der Waals surface area (Å²) in [6.45, 7) is 2.40. The van der Waals surface area contributed by atoms with Crippen molar-refractivity contribution < 1.29 is 13.9 Å². The summed E-state index contributed by atoms with van der Waals surface area (Å²) in [6.07, 6.45) is 0.776. The Bertz CT molecular complexity index is 573. The lowest BCUT2D eigenvalue weighted by Crippen LogP contribution is -2.14. The molecule has 2 aromatic rings. The molecule has 18 heavy (non-hydrogen) atoms. The largest absolute Gasteiger partial charge is 0.494 e. The SMILES string of the molecule is CCCOc1nn(-c2ccccc2OC)c(=O)o1. The number of para-hydroxylation sites is 2. The van der Waals surface area contributed by atoms with Crippen molar-refractivity contribution in [3.8, 4) is 17.5 Å². The van der Waals surface area contributed by atoms with E-state index in [-0.39, 0.29) is 6.08 Å². The number of hydrogen-bond donors (Lipinski definition) is 0. The molecule has 0 saturated heterocycles. The van der Waals surface area contributed by atoms with Gasteiger partial charge in [0.2, 0.25) is 0 Å². The Morgan fingerprint density at radius 3 is 2.89 bits per heavy atom. The minimum Gasteiger partial charge on any atom is -0.494 e. The Morgan fingerprint density at radius 2 is 2.17 bits per heavy atom. The van der Waals surface area contributed by atoms with E-state index in [9.17, 15) is 4.79 Å². The lowest BCUT2D eigenvalue weighted by atomic mass is 10.3. The smallest absolute Gasteiger partial charge is 0.444 e. The van der Waals surface area contributed by atoms with Crippen LogP contribution < -0.4 is 15.2 Å². The van der Waals surface area contributed by atoms with Crippen LogP contribution in [0.5, 0.6) is 11.8 Å². The van der Waals surface area contributed by atoms with Gasteiger partial charge in [0.15, 0.2) is 0 Å². The molecule has 0 aliphatic carbocycles. The average Bonchev–Trinajstić information content (AvgIpc) is 2.77. The molecule has 0 bridgehead atoms. The summed E-state index contributed by atoms with van der Waals surface area (Å²) < 4.78 is 16.3. The molecule has 2 rings (SSSR count). The van der Waals surface area contributed by atoms with Crippen LogP contribution >= 0.6 is 0 Å². The second kappa shape index (κ2) is 5.39. The molecule has 1 heterocycles. The summed E-state index contributed by atoms with van der Waals surface area (Å²) in [5, 5.41) is 3.96. The van der Waals surface area contributed by atoms with Gasteiger partial charge in [-0.2, -0.15) is 4.68 Å². The van der Waals surface area contributed by atoms with E-state index >= 15 is 0 Å². The molecule has 1 aromatic heterocycles. The zero-order valence-corrected chi connectivity index (χ0v) is 10.3. The zero-order valence-electron chi connectivity index (χ0n) is 10.3. The molecule has 0 amide bonds. The minimum absolute atomic E-state index is 0.0345. The molecule has 0 aliphatic heterocycles. The van der Waals surface area contributed by atoms with Crippen molar-refractivity contribution in [3.05, 3.63) is 34.8 Å². The first-order chi connectivity index (χ1) is 8.76. The van der Waals surface area contributed by atoms with Gasteiger partial charge in [0.1, 0.15) is 11.4 Å². The Morgan fingerprint density at radius 1 is 1.39 bits per heavy atom. The molecule has 0 N–H and O–H groups in total. The fraction of sp³-hybridized carbons (Fsp3) is 0.333. The molecule has 1 aromatic carbocycles. The molecule has 0 radical (unpaired) electrons. The molecule has 6 heteroatoms. The van der Waals surface area contributed by atoms with E-state index < -0.39 is 5.76 Å². The molecular formula is C12H14N2O4. The maximum atomic E-state index is 11.7. The zero-order chi connectivity index (χ0) is 13.0. The molecule has 0 atom stereocenters. The lowest BCUT2D eigenvalue weighted by molar-refractivity contribution is 0.225. The van der Waals surface area contributed by atoms with Gasteiger partial charge in [0.25, 0.3) is 0 Å². The standard InChI is InChI=1S/C12H14N2O4/c1-3-8-17-11-13-14(12(15)18-11)9-6-4-5-7-10(9)16-2/h4-7H,3,8H2,1-2H3. The first-order valence-corrected chi connectivity index (χ1v) is 5.62. The van der Waals surface area contributed by atoms with Crippen molar-refractivity contribution >= 4 is 0 Å². The fourth-order valence-corrected chi connectivity index (χ4v) is 1.47. The number of benzene rings is 1. The number of rotatable bonds is 5. The Hall–Kier alpha value is -2.24. The number of methoxy groups -OCH3 is 1. The quantitative estimate of drug-likeness (QED) is 0.806. The van der Waals surface area contributed by atoms with Crippen LogP contribution in [0.15, 0.2) is 33.5 Å². The molecule has 0 aliphatic rings. The van der Waals surface area contributed by atoms with Gasteiger partial charge in [0, 0.05) is 0 Å². The molecule has 0 spiro atoms. The average molecular weight is 250 g/mol. The van der Waals surface area contributed by atoms with Gasteiger partial charge in [0.05, 0.1) is 13.7 Å². The van der Waals surface area contributed by atoms with Gasteiger partial charge < -0.3 is 13.9 Å². The van der Waals surface area contributed by atoms with Crippen LogP contribution in [-0.4, -0.2) is 23.5 Å². The highest BCUT2D eigenvalue weighted by Crippen LogP contribution is 2.20. The predicted octanol–water partition coefficient (Wildman–Crippen LogP) is 1.62. The van der Waals surface area contributed by atoms with E-state index in [2.05, 4.69) is 5.10 Å². The summed E-state index contributed by atoms with van der Waals surface area (Å²) in [5.41, 5.74) is 0.514. The fourth-order valence-electron chi connectivity index (χ4n) is 1.47. The number of nitrogens with zero attached hydrogens (tertiary/aromatic N) is 2. The van der Waals surface area contributed by atoms with E-state index in [1.54, 1.807) is 18.2 Å². The number of ether oxygens (including phenoxy) is 2. The molecular weight excluding hydrogens is 236 g/mol. The highest BCUT2D eigenvalue weighted by molar-refractivity contribution is 5.45. The van der Waals surface area contributed by atoms with Crippen LogP contribution in [-0.2, 0) is 0 Å². The first-order valence-electron chi connectivity index (χ1n) is 5.62. The van der Waals surface area contributed by atoms with Crippen molar-refractivity contribution in [3.63, 3.8) is 0 Å². The van der Waals surface area contributed by atoms with E-state index in [4.69, 9.17) is 13.9 Å². The topological polar surface area (TPSA) is 66.5 Å². The van der Waals surface area contributed by atoms with Gasteiger partial charge in [-0.3, -0.25) is 0 Å². The van der Waals surface area contributed by atoms with Gasteiger partial charge in [-0.05, 0) is 18.6 Å². The summed E-state index contributed by atoms with van der Waals surface area (Å²) >= 11 is 0. The molecule has 6 nitrogen and oxygen atoms in total. The van der Waals surface area contributed by atoms with Crippen LogP contribution in [0.25, 0.3) is 5.69 Å². The van der Waals surface area contributed by atoms with Crippen LogP contribution in [0.2, 0.25) is 0 Å². The third-order valence-corrected chi connectivity index (χ3v) is 2.27. The number of aromatic nitrogens is 2. The second-order valence-corrected chi connectivity index (χ2v) is 3.57. The second-order valence-electron chi connectivity index (χ2n) is 3.57. The Balaban J connectivity index is 2.38. The van der Waals surface area contributed by atoms with Crippen molar-refractivity contribution in [2.75, 3.05) is 13.7 Å². The Labute approximate surface area is 104 Å². The van der Waals surface area contributed by atoms with Crippen molar-refractivity contribution in [2.24, 2.45) is 0 Å². The van der Waals surface area contributed by atoms with Crippen LogP contribution in [0, 0.1) is 0 Å². The maximum absolute atomic E-state index is 11.7. The third kappa shape index (κ3) is 2.37. The summed E-state index contributed by atoms with van der Waals surface area (Å²) in [6, 6.07) is 7.04. The summed E-state index contributed by atoms with van der Waals surface area (Å²) in [4.78, 5) is 11.7. The monoisotopic (exact) mass is 250 g/mol. The summed E-state index contributed by atoms with van der Waals surface area (Å²) in [5.74, 6) is -0.0689. The third-order valence-electron chi connectivity index (χ3n) is 2.27. The van der Waals surface area contributed by atoms with Gasteiger partial charge in [-0.1, -0.05) is 24.2 Å². The van der Waals surface area contributed by atoms with Crippen molar-refractivity contribution in [1.82, 2.24) is 9.78 Å². The molecule has 0 saturated carbocycles.